The maximum Gasteiger partial charge on any atom is 0.169 e. The SMILES string of the molecule is O=C(c1ccccc1)C12CC3C[C@H]1[C@@H]2C3. The van der Waals surface area contributed by atoms with Gasteiger partial charge in [0.25, 0.3) is 0 Å². The Balaban J connectivity index is 1.74. The largest absolute Gasteiger partial charge is 0.294 e. The van der Waals surface area contributed by atoms with Gasteiger partial charge in [-0.2, -0.15) is 0 Å². The Morgan fingerprint density at radius 3 is 2.33 bits per heavy atom. The third-order valence-electron chi connectivity index (χ3n) is 4.96. The van der Waals surface area contributed by atoms with Crippen LogP contribution in [0.4, 0.5) is 0 Å². The first-order chi connectivity index (χ1) is 7.32. The van der Waals surface area contributed by atoms with Crippen molar-refractivity contribution in [3.05, 3.63) is 35.9 Å². The van der Waals surface area contributed by atoms with E-state index in [-0.39, 0.29) is 5.41 Å². The van der Waals surface area contributed by atoms with Gasteiger partial charge in [-0.1, -0.05) is 30.3 Å². The van der Waals surface area contributed by atoms with Gasteiger partial charge in [-0.05, 0) is 37.0 Å². The molecule has 0 N–H and O–H groups in total. The Hall–Kier alpha value is -1.11. The molecule has 0 amide bonds. The molecule has 4 aliphatic carbocycles. The van der Waals surface area contributed by atoms with Crippen LogP contribution in [-0.4, -0.2) is 5.78 Å². The predicted molar refractivity (Wildman–Crippen MR) is 57.5 cm³/mol. The molecule has 0 unspecified atom stereocenters. The lowest BCUT2D eigenvalue weighted by Crippen LogP contribution is -2.15. The fourth-order valence-corrected chi connectivity index (χ4v) is 4.40. The number of Topliss-reactive ketones (excluding diaryl/α,β-unsaturated/α-hetero) is 1. The highest BCUT2D eigenvalue weighted by molar-refractivity contribution is 6.03. The summed E-state index contributed by atoms with van der Waals surface area (Å²) in [5.41, 5.74) is 1.05. The Morgan fingerprint density at radius 2 is 1.80 bits per heavy atom. The third kappa shape index (κ3) is 0.794. The maximum atomic E-state index is 12.4. The summed E-state index contributed by atoms with van der Waals surface area (Å²) in [4.78, 5) is 12.4. The number of hydrogen-bond acceptors (Lipinski definition) is 1. The smallest absolute Gasteiger partial charge is 0.169 e. The Labute approximate surface area is 89.5 Å². The summed E-state index contributed by atoms with van der Waals surface area (Å²) in [7, 11) is 0. The first-order valence-electron chi connectivity index (χ1n) is 5.92. The lowest BCUT2D eigenvalue weighted by molar-refractivity contribution is 0.0890. The van der Waals surface area contributed by atoms with Crippen molar-refractivity contribution in [1.82, 2.24) is 0 Å². The molecule has 1 aromatic rings. The lowest BCUT2D eigenvalue weighted by atomic mass is 9.92. The van der Waals surface area contributed by atoms with Crippen molar-refractivity contribution < 1.29 is 4.79 Å². The highest BCUT2D eigenvalue weighted by Crippen LogP contribution is 2.79. The molecule has 4 fully saturated rings. The minimum Gasteiger partial charge on any atom is -0.294 e. The first kappa shape index (κ1) is 8.09. The zero-order valence-corrected chi connectivity index (χ0v) is 8.65. The van der Waals surface area contributed by atoms with Crippen LogP contribution in [0.2, 0.25) is 0 Å². The van der Waals surface area contributed by atoms with Crippen LogP contribution in [-0.2, 0) is 0 Å². The molecule has 2 atom stereocenters. The van der Waals surface area contributed by atoms with E-state index in [1.807, 2.05) is 30.3 Å². The molecule has 76 valence electrons. The summed E-state index contributed by atoms with van der Waals surface area (Å²) >= 11 is 0. The molecule has 0 spiro atoms. The molecule has 0 saturated heterocycles. The Bertz CT molecular complexity index is 422. The van der Waals surface area contributed by atoms with Gasteiger partial charge in [0.05, 0.1) is 0 Å². The van der Waals surface area contributed by atoms with E-state index in [0.29, 0.717) is 5.78 Å². The standard InChI is InChI=1S/C14H14O/c15-13(10-4-2-1-3-5-10)14-8-9-6-11(14)12(14)7-9/h1-5,9,11-12H,6-8H2/t9?,11-,12-,14?/m0/s1. The molecule has 1 aromatic carbocycles. The van der Waals surface area contributed by atoms with Crippen molar-refractivity contribution in [2.45, 2.75) is 19.3 Å². The summed E-state index contributed by atoms with van der Waals surface area (Å²) in [6.45, 7) is 0. The molecule has 5 rings (SSSR count). The van der Waals surface area contributed by atoms with Crippen molar-refractivity contribution in [1.29, 1.82) is 0 Å². The zero-order valence-electron chi connectivity index (χ0n) is 8.65. The number of ketones is 1. The molecule has 0 heterocycles. The lowest BCUT2D eigenvalue weighted by Gasteiger charge is -2.09. The van der Waals surface area contributed by atoms with Gasteiger partial charge in [0.15, 0.2) is 5.78 Å². The minimum atomic E-state index is 0.117. The van der Waals surface area contributed by atoms with Crippen molar-refractivity contribution in [2.24, 2.45) is 23.2 Å². The third-order valence-corrected chi connectivity index (χ3v) is 4.96. The van der Waals surface area contributed by atoms with Crippen LogP contribution in [0.15, 0.2) is 30.3 Å². The number of carbonyl (C=O) groups is 1. The van der Waals surface area contributed by atoms with E-state index in [4.69, 9.17) is 0 Å². The van der Waals surface area contributed by atoms with E-state index in [1.54, 1.807) is 0 Å². The number of benzene rings is 1. The quantitative estimate of drug-likeness (QED) is 0.668. The molecule has 15 heavy (non-hydrogen) atoms. The van der Waals surface area contributed by atoms with E-state index in [9.17, 15) is 4.79 Å². The monoisotopic (exact) mass is 198 g/mol. The normalized spacial score (nSPS) is 44.4. The van der Waals surface area contributed by atoms with Crippen LogP contribution in [0, 0.1) is 23.2 Å². The van der Waals surface area contributed by atoms with Gasteiger partial charge in [0.2, 0.25) is 0 Å². The minimum absolute atomic E-state index is 0.117. The summed E-state index contributed by atoms with van der Waals surface area (Å²) in [5, 5.41) is 0. The van der Waals surface area contributed by atoms with E-state index in [2.05, 4.69) is 0 Å². The molecular weight excluding hydrogens is 184 g/mol. The van der Waals surface area contributed by atoms with Gasteiger partial charge in [-0.15, -0.1) is 0 Å². The second kappa shape index (κ2) is 2.34. The fraction of sp³-hybridized carbons (Fsp3) is 0.500. The van der Waals surface area contributed by atoms with Crippen molar-refractivity contribution in [3.63, 3.8) is 0 Å². The second-order valence-electron chi connectivity index (χ2n) is 5.49. The average molecular weight is 198 g/mol. The fourth-order valence-electron chi connectivity index (χ4n) is 4.40. The number of hydrogen-bond donors (Lipinski definition) is 0. The predicted octanol–water partition coefficient (Wildman–Crippen LogP) is 2.92. The zero-order chi connectivity index (χ0) is 10.0. The second-order valence-corrected chi connectivity index (χ2v) is 5.49. The van der Waals surface area contributed by atoms with Crippen LogP contribution in [0.5, 0.6) is 0 Å². The summed E-state index contributed by atoms with van der Waals surface area (Å²) in [6.07, 6.45) is 3.86. The molecule has 1 nitrogen and oxygen atoms in total. The topological polar surface area (TPSA) is 17.1 Å². The highest BCUT2D eigenvalue weighted by Gasteiger charge is 2.77. The molecule has 0 radical (unpaired) electrons. The number of carbonyl (C=O) groups excluding carboxylic acids is 1. The van der Waals surface area contributed by atoms with E-state index in [0.717, 1.165) is 23.3 Å². The van der Waals surface area contributed by atoms with Crippen LogP contribution in [0.1, 0.15) is 29.6 Å². The van der Waals surface area contributed by atoms with Crippen LogP contribution in [0.25, 0.3) is 0 Å². The van der Waals surface area contributed by atoms with Crippen LogP contribution >= 0.6 is 0 Å². The van der Waals surface area contributed by atoms with E-state index >= 15 is 0 Å². The number of rotatable bonds is 2. The van der Waals surface area contributed by atoms with Crippen molar-refractivity contribution >= 4 is 5.78 Å². The van der Waals surface area contributed by atoms with Crippen molar-refractivity contribution in [3.8, 4) is 0 Å². The molecule has 1 heteroatoms. The highest BCUT2D eigenvalue weighted by atomic mass is 16.1. The molecule has 4 bridgehead atoms. The average Bonchev–Trinajstić information content (AvgIpc) is 2.78. The molecule has 0 aromatic heterocycles. The first-order valence-corrected chi connectivity index (χ1v) is 5.92. The summed E-state index contributed by atoms with van der Waals surface area (Å²) in [5.74, 6) is 2.84. The molecule has 4 aliphatic rings. The van der Waals surface area contributed by atoms with E-state index in [1.165, 1.54) is 19.3 Å². The molecule has 0 aliphatic heterocycles. The van der Waals surface area contributed by atoms with Gasteiger partial charge in [0.1, 0.15) is 0 Å². The molecular formula is C14H14O. The van der Waals surface area contributed by atoms with Crippen LogP contribution in [0.3, 0.4) is 0 Å². The van der Waals surface area contributed by atoms with E-state index < -0.39 is 0 Å². The Morgan fingerprint density at radius 1 is 1.13 bits per heavy atom. The van der Waals surface area contributed by atoms with Gasteiger partial charge in [0, 0.05) is 11.0 Å². The van der Waals surface area contributed by atoms with Crippen molar-refractivity contribution in [2.75, 3.05) is 0 Å². The maximum absolute atomic E-state index is 12.4. The van der Waals surface area contributed by atoms with Gasteiger partial charge in [-0.3, -0.25) is 4.79 Å². The van der Waals surface area contributed by atoms with Gasteiger partial charge >= 0.3 is 0 Å². The Kier molecular flexibility index (Phi) is 1.26. The van der Waals surface area contributed by atoms with Gasteiger partial charge in [-0.25, -0.2) is 0 Å². The molecule has 4 saturated carbocycles. The van der Waals surface area contributed by atoms with Gasteiger partial charge < -0.3 is 0 Å². The summed E-state index contributed by atoms with van der Waals surface area (Å²) in [6, 6.07) is 9.87. The summed E-state index contributed by atoms with van der Waals surface area (Å²) < 4.78 is 0. The van der Waals surface area contributed by atoms with Crippen LogP contribution < -0.4 is 0 Å².